The monoisotopic (exact) mass is 400 g/mol. The van der Waals surface area contributed by atoms with Crippen LogP contribution in [0.4, 0.5) is 4.39 Å². The van der Waals surface area contributed by atoms with E-state index in [1.54, 1.807) is 36.6 Å². The Morgan fingerprint density at radius 3 is 2.81 bits per heavy atom. The SMILES string of the molecule is CC(NC(=O)c1cnc(-c2cccs2)s1)c1nc(-c2ccc(F)cc2)no1. The molecule has 1 atom stereocenters. The number of amides is 1. The first-order valence-corrected chi connectivity index (χ1v) is 9.70. The summed E-state index contributed by atoms with van der Waals surface area (Å²) < 4.78 is 18.2. The molecule has 1 aromatic carbocycles. The number of carbonyl (C=O) groups excluding carboxylic acids is 1. The first kappa shape index (κ1) is 17.5. The Hall–Kier alpha value is -2.91. The number of nitrogens with one attached hydrogen (secondary N) is 1. The average molecular weight is 400 g/mol. The standard InChI is InChI=1S/C18H13FN4O2S2/c1-10(17-22-15(23-25-17)11-4-6-12(19)7-5-11)21-16(24)14-9-20-18(27-14)13-3-2-8-26-13/h2-10H,1H3,(H,21,24). The molecule has 3 aromatic heterocycles. The topological polar surface area (TPSA) is 80.9 Å². The summed E-state index contributed by atoms with van der Waals surface area (Å²) in [6, 6.07) is 9.21. The number of rotatable bonds is 5. The van der Waals surface area contributed by atoms with Gasteiger partial charge in [0.2, 0.25) is 11.7 Å². The van der Waals surface area contributed by atoms with Gasteiger partial charge < -0.3 is 9.84 Å². The van der Waals surface area contributed by atoms with Crippen molar-refractivity contribution in [2.45, 2.75) is 13.0 Å². The second-order valence-electron chi connectivity index (χ2n) is 5.67. The van der Waals surface area contributed by atoms with Crippen LogP contribution in [-0.4, -0.2) is 21.0 Å². The number of hydrogen-bond acceptors (Lipinski definition) is 7. The highest BCUT2D eigenvalue weighted by Crippen LogP contribution is 2.29. The van der Waals surface area contributed by atoms with Crippen LogP contribution in [0.3, 0.4) is 0 Å². The quantitative estimate of drug-likeness (QED) is 0.531. The van der Waals surface area contributed by atoms with Gasteiger partial charge in [0.05, 0.1) is 11.1 Å². The maximum atomic E-state index is 13.0. The fourth-order valence-electron chi connectivity index (χ4n) is 2.35. The van der Waals surface area contributed by atoms with E-state index >= 15 is 0 Å². The molecule has 1 N–H and O–H groups in total. The van der Waals surface area contributed by atoms with Crippen LogP contribution in [0.5, 0.6) is 0 Å². The molecule has 0 aliphatic rings. The van der Waals surface area contributed by atoms with Crippen LogP contribution in [0.1, 0.15) is 28.5 Å². The summed E-state index contributed by atoms with van der Waals surface area (Å²) in [5, 5.41) is 9.48. The van der Waals surface area contributed by atoms with E-state index in [0.717, 1.165) is 9.88 Å². The number of carbonyl (C=O) groups is 1. The molecule has 0 fully saturated rings. The van der Waals surface area contributed by atoms with Crippen LogP contribution in [0.25, 0.3) is 21.3 Å². The van der Waals surface area contributed by atoms with Crippen molar-refractivity contribution in [1.82, 2.24) is 20.4 Å². The summed E-state index contributed by atoms with van der Waals surface area (Å²) in [5.74, 6) is 0.00783. The van der Waals surface area contributed by atoms with Crippen molar-refractivity contribution in [3.63, 3.8) is 0 Å². The third-order valence-corrected chi connectivity index (χ3v) is 5.76. The number of halogens is 1. The lowest BCUT2D eigenvalue weighted by molar-refractivity contribution is 0.0936. The van der Waals surface area contributed by atoms with Crippen molar-refractivity contribution in [2.24, 2.45) is 0 Å². The third kappa shape index (κ3) is 3.79. The van der Waals surface area contributed by atoms with Gasteiger partial charge in [-0.25, -0.2) is 9.37 Å². The lowest BCUT2D eigenvalue weighted by Gasteiger charge is -2.07. The second-order valence-corrected chi connectivity index (χ2v) is 7.64. The molecule has 0 saturated heterocycles. The Bertz CT molecular complexity index is 1060. The molecule has 136 valence electrons. The van der Waals surface area contributed by atoms with Crippen molar-refractivity contribution in [3.05, 3.63) is 64.6 Å². The summed E-state index contributed by atoms with van der Waals surface area (Å²) in [5.41, 5.74) is 0.632. The molecular weight excluding hydrogens is 387 g/mol. The van der Waals surface area contributed by atoms with Gasteiger partial charge in [-0.15, -0.1) is 22.7 Å². The maximum Gasteiger partial charge on any atom is 0.263 e. The highest BCUT2D eigenvalue weighted by molar-refractivity contribution is 7.21. The van der Waals surface area contributed by atoms with E-state index in [0.29, 0.717) is 16.3 Å². The summed E-state index contributed by atoms with van der Waals surface area (Å²) in [6.45, 7) is 1.75. The average Bonchev–Trinajstić information content (AvgIpc) is 3.42. The molecule has 6 nitrogen and oxygen atoms in total. The predicted molar refractivity (Wildman–Crippen MR) is 101 cm³/mol. The molecule has 0 bridgehead atoms. The van der Waals surface area contributed by atoms with E-state index in [1.165, 1.54) is 23.5 Å². The highest BCUT2D eigenvalue weighted by Gasteiger charge is 2.20. The first-order valence-electron chi connectivity index (χ1n) is 8.00. The van der Waals surface area contributed by atoms with Crippen LogP contribution in [0.15, 0.2) is 52.5 Å². The summed E-state index contributed by atoms with van der Waals surface area (Å²) in [4.78, 5) is 22.6. The van der Waals surface area contributed by atoms with E-state index in [4.69, 9.17) is 4.52 Å². The number of benzene rings is 1. The van der Waals surface area contributed by atoms with Crippen molar-refractivity contribution in [1.29, 1.82) is 0 Å². The third-order valence-electron chi connectivity index (χ3n) is 3.72. The van der Waals surface area contributed by atoms with Crippen LogP contribution < -0.4 is 5.32 Å². The molecule has 0 aliphatic heterocycles. The minimum absolute atomic E-state index is 0.260. The minimum atomic E-state index is -0.480. The largest absolute Gasteiger partial charge is 0.340 e. The molecule has 9 heteroatoms. The van der Waals surface area contributed by atoms with Crippen molar-refractivity contribution < 1.29 is 13.7 Å². The Balaban J connectivity index is 1.45. The number of thiophene rings is 1. The van der Waals surface area contributed by atoms with Gasteiger partial charge in [0.15, 0.2) is 0 Å². The van der Waals surface area contributed by atoms with Gasteiger partial charge in [-0.2, -0.15) is 4.98 Å². The number of aromatic nitrogens is 3. The molecule has 3 heterocycles. The second kappa shape index (κ2) is 7.37. The molecule has 1 unspecified atom stereocenters. The maximum absolute atomic E-state index is 13.0. The van der Waals surface area contributed by atoms with E-state index in [-0.39, 0.29) is 17.6 Å². The van der Waals surface area contributed by atoms with Gasteiger partial charge in [0.1, 0.15) is 21.7 Å². The van der Waals surface area contributed by atoms with E-state index < -0.39 is 6.04 Å². The van der Waals surface area contributed by atoms with Gasteiger partial charge in [-0.1, -0.05) is 11.2 Å². The van der Waals surface area contributed by atoms with E-state index in [1.807, 2.05) is 17.5 Å². The predicted octanol–water partition coefficient (Wildman–Crippen LogP) is 4.55. The molecule has 0 radical (unpaired) electrons. The fraction of sp³-hybridized carbons (Fsp3) is 0.111. The van der Waals surface area contributed by atoms with Crippen LogP contribution in [-0.2, 0) is 0 Å². The molecule has 0 saturated carbocycles. The van der Waals surface area contributed by atoms with Crippen LogP contribution in [0, 0.1) is 5.82 Å². The number of nitrogens with zero attached hydrogens (tertiary/aromatic N) is 3. The summed E-state index contributed by atoms with van der Waals surface area (Å²) >= 11 is 2.90. The van der Waals surface area contributed by atoms with Crippen molar-refractivity contribution >= 4 is 28.6 Å². The van der Waals surface area contributed by atoms with Gasteiger partial charge in [0.25, 0.3) is 5.91 Å². The minimum Gasteiger partial charge on any atom is -0.340 e. The Morgan fingerprint density at radius 1 is 1.26 bits per heavy atom. The Kier molecular flexibility index (Phi) is 4.78. The lowest BCUT2D eigenvalue weighted by Crippen LogP contribution is -2.26. The molecule has 1 amide bonds. The van der Waals surface area contributed by atoms with Crippen molar-refractivity contribution in [3.8, 4) is 21.3 Å². The van der Waals surface area contributed by atoms with Gasteiger partial charge in [0, 0.05) is 5.56 Å². The first-order chi connectivity index (χ1) is 13.1. The highest BCUT2D eigenvalue weighted by atomic mass is 32.1. The van der Waals surface area contributed by atoms with Crippen LogP contribution >= 0.6 is 22.7 Å². The van der Waals surface area contributed by atoms with E-state index in [2.05, 4.69) is 20.4 Å². The van der Waals surface area contributed by atoms with E-state index in [9.17, 15) is 9.18 Å². The smallest absolute Gasteiger partial charge is 0.263 e. The summed E-state index contributed by atoms with van der Waals surface area (Å²) in [6.07, 6.45) is 1.56. The van der Waals surface area contributed by atoms with Crippen LogP contribution in [0.2, 0.25) is 0 Å². The zero-order valence-corrected chi connectivity index (χ0v) is 15.7. The van der Waals surface area contributed by atoms with Gasteiger partial charge in [-0.05, 0) is 42.6 Å². The molecule has 0 aliphatic carbocycles. The normalized spacial score (nSPS) is 12.1. The van der Waals surface area contributed by atoms with Crippen molar-refractivity contribution in [2.75, 3.05) is 0 Å². The Morgan fingerprint density at radius 2 is 2.07 bits per heavy atom. The zero-order valence-electron chi connectivity index (χ0n) is 14.0. The number of thiazole rings is 1. The molecule has 4 rings (SSSR count). The molecule has 0 spiro atoms. The Labute approximate surface area is 161 Å². The molecule has 27 heavy (non-hydrogen) atoms. The number of hydrogen-bond donors (Lipinski definition) is 1. The molecular formula is C18H13FN4O2S2. The van der Waals surface area contributed by atoms with Gasteiger partial charge >= 0.3 is 0 Å². The summed E-state index contributed by atoms with van der Waals surface area (Å²) in [7, 11) is 0. The molecule has 4 aromatic rings. The zero-order chi connectivity index (χ0) is 18.8. The van der Waals surface area contributed by atoms with Gasteiger partial charge in [-0.3, -0.25) is 4.79 Å². The lowest BCUT2D eigenvalue weighted by atomic mass is 10.2. The fourth-order valence-corrected chi connectivity index (χ4v) is 3.97.